The van der Waals surface area contributed by atoms with Crippen LogP contribution in [0.1, 0.15) is 37.2 Å². The number of carbonyl (C=O) groups excluding carboxylic acids is 1. The first-order valence-electron chi connectivity index (χ1n) is 8.26. The Morgan fingerprint density at radius 1 is 1.39 bits per heavy atom. The average molecular weight is 319 g/mol. The lowest BCUT2D eigenvalue weighted by molar-refractivity contribution is -0.144. The highest BCUT2D eigenvalue weighted by molar-refractivity contribution is 5.74. The minimum Gasteiger partial charge on any atom is -0.480 e. The molecule has 1 heterocycles. The van der Waals surface area contributed by atoms with Gasteiger partial charge in [-0.25, -0.2) is 4.39 Å². The number of carboxylic acids is 1. The summed E-state index contributed by atoms with van der Waals surface area (Å²) in [5, 5.41) is 9.57. The van der Waals surface area contributed by atoms with Crippen molar-refractivity contribution in [2.75, 3.05) is 13.1 Å². The SMILES string of the molecule is O=CC1CN([C@H](CC2CCC2)C(=O)O)CC1c1cccc(F)c1. The van der Waals surface area contributed by atoms with Crippen molar-refractivity contribution >= 4 is 12.3 Å². The molecule has 4 nitrogen and oxygen atoms in total. The summed E-state index contributed by atoms with van der Waals surface area (Å²) < 4.78 is 13.5. The van der Waals surface area contributed by atoms with Crippen LogP contribution in [0.3, 0.4) is 0 Å². The number of rotatable bonds is 6. The standard InChI is InChI=1S/C18H22FNO3/c19-15-6-2-5-13(8-15)16-10-20(9-14(16)11-21)17(18(22)23)7-12-3-1-4-12/h2,5-6,8,11-12,14,16-17H,1,3-4,7,9-10H2,(H,22,23)/t14?,16?,17-/m1/s1. The van der Waals surface area contributed by atoms with E-state index < -0.39 is 12.0 Å². The van der Waals surface area contributed by atoms with E-state index in [1.54, 1.807) is 6.07 Å². The van der Waals surface area contributed by atoms with Crippen LogP contribution in [0.4, 0.5) is 4.39 Å². The first-order chi connectivity index (χ1) is 11.1. The number of aliphatic carboxylic acids is 1. The van der Waals surface area contributed by atoms with Crippen LogP contribution in [0.25, 0.3) is 0 Å². The molecule has 0 bridgehead atoms. The molecule has 0 amide bonds. The van der Waals surface area contributed by atoms with Crippen LogP contribution in [0.2, 0.25) is 0 Å². The van der Waals surface area contributed by atoms with E-state index in [0.29, 0.717) is 25.4 Å². The molecule has 2 aliphatic rings. The van der Waals surface area contributed by atoms with E-state index in [0.717, 1.165) is 24.7 Å². The number of halogens is 1. The van der Waals surface area contributed by atoms with E-state index in [1.165, 1.54) is 18.6 Å². The van der Waals surface area contributed by atoms with Crippen molar-refractivity contribution < 1.29 is 19.1 Å². The van der Waals surface area contributed by atoms with E-state index in [2.05, 4.69) is 0 Å². The van der Waals surface area contributed by atoms with Gasteiger partial charge in [0.1, 0.15) is 18.1 Å². The summed E-state index contributed by atoms with van der Waals surface area (Å²) in [5.74, 6) is -1.07. The molecule has 124 valence electrons. The second-order valence-electron chi connectivity index (χ2n) is 6.80. The third-order valence-corrected chi connectivity index (χ3v) is 5.35. The quantitative estimate of drug-likeness (QED) is 0.819. The predicted octanol–water partition coefficient (Wildman–Crippen LogP) is 2.68. The number of carboxylic acid groups (broad SMARTS) is 1. The fraction of sp³-hybridized carbons (Fsp3) is 0.556. The molecule has 2 fully saturated rings. The highest BCUT2D eigenvalue weighted by Crippen LogP contribution is 2.37. The van der Waals surface area contributed by atoms with Crippen molar-refractivity contribution in [3.8, 4) is 0 Å². The number of likely N-dealkylation sites (tertiary alicyclic amines) is 1. The van der Waals surface area contributed by atoms with Crippen LogP contribution < -0.4 is 0 Å². The van der Waals surface area contributed by atoms with Gasteiger partial charge in [0.2, 0.25) is 0 Å². The second-order valence-corrected chi connectivity index (χ2v) is 6.80. The highest BCUT2D eigenvalue weighted by Gasteiger charge is 2.40. The van der Waals surface area contributed by atoms with Crippen LogP contribution in [0.5, 0.6) is 0 Å². The van der Waals surface area contributed by atoms with Crippen molar-refractivity contribution in [2.24, 2.45) is 11.8 Å². The summed E-state index contributed by atoms with van der Waals surface area (Å²) in [7, 11) is 0. The van der Waals surface area contributed by atoms with Gasteiger partial charge in [0.05, 0.1) is 0 Å². The first-order valence-corrected chi connectivity index (χ1v) is 8.26. The van der Waals surface area contributed by atoms with Crippen LogP contribution in [-0.4, -0.2) is 41.4 Å². The lowest BCUT2D eigenvalue weighted by Gasteiger charge is -2.32. The number of hydrogen-bond donors (Lipinski definition) is 1. The third kappa shape index (κ3) is 3.44. The third-order valence-electron chi connectivity index (χ3n) is 5.35. The first kappa shape index (κ1) is 16.1. The Balaban J connectivity index is 1.76. The molecule has 1 N–H and O–H groups in total. The van der Waals surface area contributed by atoms with Crippen molar-refractivity contribution in [2.45, 2.75) is 37.6 Å². The normalized spacial score (nSPS) is 26.7. The van der Waals surface area contributed by atoms with E-state index in [9.17, 15) is 19.1 Å². The molecule has 0 spiro atoms. The van der Waals surface area contributed by atoms with Gasteiger partial charge in [0.15, 0.2) is 0 Å². The minimum atomic E-state index is -0.818. The molecule has 5 heteroatoms. The Bertz CT molecular complexity index is 587. The van der Waals surface area contributed by atoms with Crippen LogP contribution in [-0.2, 0) is 9.59 Å². The number of benzene rings is 1. The summed E-state index contributed by atoms with van der Waals surface area (Å²) >= 11 is 0. The van der Waals surface area contributed by atoms with E-state index >= 15 is 0 Å². The molecule has 1 aromatic rings. The van der Waals surface area contributed by atoms with E-state index in [1.807, 2.05) is 11.0 Å². The van der Waals surface area contributed by atoms with Crippen LogP contribution in [0.15, 0.2) is 24.3 Å². The summed E-state index contributed by atoms with van der Waals surface area (Å²) in [5.41, 5.74) is 0.775. The zero-order valence-electron chi connectivity index (χ0n) is 13.0. The van der Waals surface area contributed by atoms with Crippen molar-refractivity contribution in [1.29, 1.82) is 0 Å². The van der Waals surface area contributed by atoms with Crippen molar-refractivity contribution in [3.05, 3.63) is 35.6 Å². The van der Waals surface area contributed by atoms with E-state index in [4.69, 9.17) is 0 Å². The molecular formula is C18H22FNO3. The molecular weight excluding hydrogens is 297 g/mol. The molecule has 0 aromatic heterocycles. The fourth-order valence-corrected chi connectivity index (χ4v) is 3.79. The lowest BCUT2D eigenvalue weighted by atomic mass is 9.80. The maximum Gasteiger partial charge on any atom is 0.320 e. The molecule has 23 heavy (non-hydrogen) atoms. The summed E-state index contributed by atoms with van der Waals surface area (Å²) in [6, 6.07) is 5.74. The fourth-order valence-electron chi connectivity index (χ4n) is 3.79. The van der Waals surface area contributed by atoms with Gasteiger partial charge in [0.25, 0.3) is 0 Å². The van der Waals surface area contributed by atoms with Gasteiger partial charge in [-0.15, -0.1) is 0 Å². The van der Waals surface area contributed by atoms with Gasteiger partial charge >= 0.3 is 5.97 Å². The number of nitrogens with zero attached hydrogens (tertiary/aromatic N) is 1. The topological polar surface area (TPSA) is 57.6 Å². The molecule has 1 saturated heterocycles. The van der Waals surface area contributed by atoms with Gasteiger partial charge < -0.3 is 9.90 Å². The van der Waals surface area contributed by atoms with E-state index in [-0.39, 0.29) is 17.7 Å². The molecule has 1 aromatic carbocycles. The monoisotopic (exact) mass is 319 g/mol. The molecule has 2 unspecified atom stereocenters. The van der Waals surface area contributed by atoms with Crippen LogP contribution in [0, 0.1) is 17.7 Å². The maximum absolute atomic E-state index is 13.5. The number of carbonyl (C=O) groups is 2. The zero-order chi connectivity index (χ0) is 16.4. The smallest absolute Gasteiger partial charge is 0.320 e. The van der Waals surface area contributed by atoms with Gasteiger partial charge in [0, 0.05) is 24.9 Å². The van der Waals surface area contributed by atoms with Crippen molar-refractivity contribution in [1.82, 2.24) is 4.90 Å². The van der Waals surface area contributed by atoms with Gasteiger partial charge in [-0.05, 0) is 30.0 Å². The van der Waals surface area contributed by atoms with Crippen molar-refractivity contribution in [3.63, 3.8) is 0 Å². The summed E-state index contributed by atoms with van der Waals surface area (Å²) in [4.78, 5) is 25.0. The number of hydrogen-bond acceptors (Lipinski definition) is 3. The largest absolute Gasteiger partial charge is 0.480 e. The predicted molar refractivity (Wildman–Crippen MR) is 83.6 cm³/mol. The second kappa shape index (κ2) is 6.79. The summed E-state index contributed by atoms with van der Waals surface area (Å²) in [6.45, 7) is 0.935. The molecule has 3 rings (SSSR count). The van der Waals surface area contributed by atoms with Gasteiger partial charge in [-0.2, -0.15) is 0 Å². The molecule has 3 atom stereocenters. The number of aldehydes is 1. The Labute approximate surface area is 135 Å². The zero-order valence-corrected chi connectivity index (χ0v) is 13.0. The Morgan fingerprint density at radius 2 is 2.17 bits per heavy atom. The summed E-state index contributed by atoms with van der Waals surface area (Å²) in [6.07, 6.45) is 4.92. The Kier molecular flexibility index (Phi) is 4.76. The van der Waals surface area contributed by atoms with Gasteiger partial charge in [-0.1, -0.05) is 31.4 Å². The molecule has 1 aliphatic carbocycles. The Hall–Kier alpha value is -1.75. The molecule has 1 aliphatic heterocycles. The molecule has 1 saturated carbocycles. The highest BCUT2D eigenvalue weighted by atomic mass is 19.1. The minimum absolute atomic E-state index is 0.133. The average Bonchev–Trinajstić information content (AvgIpc) is 2.89. The lowest BCUT2D eigenvalue weighted by Crippen LogP contribution is -2.42. The van der Waals surface area contributed by atoms with Crippen LogP contribution >= 0.6 is 0 Å². The van der Waals surface area contributed by atoms with Gasteiger partial charge in [-0.3, -0.25) is 9.69 Å². The molecule has 0 radical (unpaired) electrons. The Morgan fingerprint density at radius 3 is 2.74 bits per heavy atom. The maximum atomic E-state index is 13.5.